The highest BCUT2D eigenvalue weighted by Gasteiger charge is 2.45. The number of amides is 4. The van der Waals surface area contributed by atoms with E-state index in [2.05, 4.69) is 4.74 Å². The van der Waals surface area contributed by atoms with Crippen LogP contribution in [0.2, 0.25) is 0 Å². The van der Waals surface area contributed by atoms with Gasteiger partial charge in [0, 0.05) is 0 Å². The van der Waals surface area contributed by atoms with E-state index in [9.17, 15) is 29.1 Å². The van der Waals surface area contributed by atoms with E-state index in [1.807, 2.05) is 0 Å². The molecule has 13 nitrogen and oxygen atoms in total. The molecular formula is C26H40N4O9. The number of carbonyl (C=O) groups excluding carboxylic acids is 5. The summed E-state index contributed by atoms with van der Waals surface area (Å²) in [5.74, 6) is -3.24. The molecule has 0 unspecified atom stereocenters. The lowest BCUT2D eigenvalue weighted by Crippen LogP contribution is -2.61. The molecule has 0 spiro atoms. The number of aliphatic hydroxyl groups is 1. The van der Waals surface area contributed by atoms with Gasteiger partial charge in [-0.05, 0) is 59.1 Å². The SMILES string of the molecule is COC(=O)[C@H](CO)N(C(=O)OC(C)(C)C)C(=O)[C@H](CCCCN)N(C(=O)OCc1ccccc1)C(=O)[C@H](C)N. The van der Waals surface area contributed by atoms with Crippen molar-refractivity contribution in [3.05, 3.63) is 35.9 Å². The second kappa shape index (κ2) is 15.8. The molecule has 1 rings (SSSR count). The van der Waals surface area contributed by atoms with Crippen LogP contribution in [-0.4, -0.2) is 88.9 Å². The molecule has 13 heteroatoms. The van der Waals surface area contributed by atoms with Gasteiger partial charge in [-0.2, -0.15) is 0 Å². The van der Waals surface area contributed by atoms with Gasteiger partial charge < -0.3 is 30.8 Å². The van der Waals surface area contributed by atoms with Gasteiger partial charge in [0.15, 0.2) is 6.04 Å². The Kier molecular flexibility index (Phi) is 13.5. The summed E-state index contributed by atoms with van der Waals surface area (Å²) in [7, 11) is 1.01. The molecule has 1 aromatic rings. The van der Waals surface area contributed by atoms with E-state index in [-0.39, 0.29) is 26.0 Å². The Morgan fingerprint density at radius 2 is 1.54 bits per heavy atom. The van der Waals surface area contributed by atoms with Crippen LogP contribution in [0.25, 0.3) is 0 Å². The second-order valence-corrected chi connectivity index (χ2v) is 9.75. The molecule has 0 heterocycles. The van der Waals surface area contributed by atoms with Crippen LogP contribution in [-0.2, 0) is 35.2 Å². The summed E-state index contributed by atoms with van der Waals surface area (Å²) in [5, 5.41) is 9.93. The summed E-state index contributed by atoms with van der Waals surface area (Å²) in [6.07, 6.45) is -1.95. The number of methoxy groups -OCH3 is 1. The maximum Gasteiger partial charge on any atom is 0.418 e. The quantitative estimate of drug-likeness (QED) is 0.192. The maximum absolute atomic E-state index is 14.0. The van der Waals surface area contributed by atoms with Crippen LogP contribution in [0.5, 0.6) is 0 Å². The highest BCUT2D eigenvalue weighted by atomic mass is 16.6. The topological polar surface area (TPSA) is 192 Å². The summed E-state index contributed by atoms with van der Waals surface area (Å²) < 4.78 is 15.3. The first kappa shape index (κ1) is 33.5. The van der Waals surface area contributed by atoms with E-state index in [0.29, 0.717) is 21.8 Å². The minimum Gasteiger partial charge on any atom is -0.467 e. The van der Waals surface area contributed by atoms with Crippen molar-refractivity contribution in [3.8, 4) is 0 Å². The number of hydrogen-bond donors (Lipinski definition) is 3. The molecule has 5 N–H and O–H groups in total. The zero-order valence-corrected chi connectivity index (χ0v) is 23.1. The Morgan fingerprint density at radius 3 is 2.03 bits per heavy atom. The Balaban J connectivity index is 3.59. The summed E-state index contributed by atoms with van der Waals surface area (Å²) >= 11 is 0. The van der Waals surface area contributed by atoms with Crippen molar-refractivity contribution in [2.24, 2.45) is 11.5 Å². The van der Waals surface area contributed by atoms with Gasteiger partial charge in [-0.3, -0.25) is 9.59 Å². The summed E-state index contributed by atoms with van der Waals surface area (Å²) in [6.45, 7) is 4.94. The third-order valence-electron chi connectivity index (χ3n) is 5.34. The first-order chi connectivity index (χ1) is 18.3. The number of benzene rings is 1. The number of nitrogens with two attached hydrogens (primary N) is 2. The third kappa shape index (κ3) is 10.3. The molecule has 0 bridgehead atoms. The van der Waals surface area contributed by atoms with Gasteiger partial charge in [-0.15, -0.1) is 0 Å². The lowest BCUT2D eigenvalue weighted by molar-refractivity contribution is -0.157. The smallest absolute Gasteiger partial charge is 0.418 e. The van der Waals surface area contributed by atoms with Crippen molar-refractivity contribution >= 4 is 30.0 Å². The number of esters is 1. The second-order valence-electron chi connectivity index (χ2n) is 9.75. The number of imide groups is 2. The van der Waals surface area contributed by atoms with Crippen LogP contribution in [0.3, 0.4) is 0 Å². The van der Waals surface area contributed by atoms with E-state index >= 15 is 0 Å². The van der Waals surface area contributed by atoms with E-state index in [0.717, 1.165) is 7.11 Å². The van der Waals surface area contributed by atoms with Crippen LogP contribution in [0.15, 0.2) is 30.3 Å². The molecule has 0 aromatic heterocycles. The lowest BCUT2D eigenvalue weighted by atomic mass is 10.0. The van der Waals surface area contributed by atoms with Gasteiger partial charge in [0.05, 0.1) is 19.8 Å². The summed E-state index contributed by atoms with van der Waals surface area (Å²) in [6, 6.07) is 3.92. The van der Waals surface area contributed by atoms with Crippen LogP contribution in [0.4, 0.5) is 9.59 Å². The highest BCUT2D eigenvalue weighted by Crippen LogP contribution is 2.21. The Bertz CT molecular complexity index is 979. The first-order valence-electron chi connectivity index (χ1n) is 12.5. The standard InChI is InChI=1S/C26H40N4O9/c1-17(28)21(32)29(24(35)38-16-18-11-7-6-8-12-18)19(13-9-10-14-27)22(33)30(20(15-31)23(34)37-5)25(36)39-26(2,3)4/h6-8,11-12,17,19-20,31H,9-10,13-16,27-28H2,1-5H3/t17-,19-,20-/m0/s1. The maximum atomic E-state index is 14.0. The number of aliphatic hydroxyl groups excluding tert-OH is 1. The molecular weight excluding hydrogens is 512 g/mol. The highest BCUT2D eigenvalue weighted by molar-refractivity contribution is 6.04. The van der Waals surface area contributed by atoms with Crippen LogP contribution in [0.1, 0.15) is 52.5 Å². The fourth-order valence-corrected chi connectivity index (χ4v) is 3.46. The molecule has 218 valence electrons. The minimum atomic E-state index is -1.82. The number of rotatable bonds is 12. The average Bonchev–Trinajstić information content (AvgIpc) is 2.88. The van der Waals surface area contributed by atoms with Crippen molar-refractivity contribution in [1.29, 1.82) is 0 Å². The van der Waals surface area contributed by atoms with Crippen molar-refractivity contribution in [2.45, 2.75) is 77.3 Å². The number of hydrogen-bond acceptors (Lipinski definition) is 11. The molecule has 0 radical (unpaired) electrons. The van der Waals surface area contributed by atoms with Gasteiger partial charge in [-0.25, -0.2) is 24.2 Å². The number of ether oxygens (including phenoxy) is 3. The first-order valence-corrected chi connectivity index (χ1v) is 12.5. The van der Waals surface area contributed by atoms with E-state index < -0.39 is 60.3 Å². The van der Waals surface area contributed by atoms with E-state index in [1.54, 1.807) is 30.3 Å². The molecule has 39 heavy (non-hydrogen) atoms. The van der Waals surface area contributed by atoms with Crippen LogP contribution in [0, 0.1) is 0 Å². The Hall–Kier alpha value is -3.55. The minimum absolute atomic E-state index is 0.145. The van der Waals surface area contributed by atoms with Gasteiger partial charge in [0.25, 0.3) is 5.91 Å². The molecule has 0 saturated heterocycles. The number of carbonyl (C=O) groups is 5. The number of unbranched alkanes of at least 4 members (excludes halogenated alkanes) is 1. The van der Waals surface area contributed by atoms with Crippen LogP contribution < -0.4 is 11.5 Å². The number of nitrogens with zero attached hydrogens (tertiary/aromatic N) is 2. The normalized spacial score (nSPS) is 13.4. The van der Waals surface area contributed by atoms with Gasteiger partial charge >= 0.3 is 18.2 Å². The van der Waals surface area contributed by atoms with Crippen molar-refractivity contribution < 1.29 is 43.3 Å². The molecule has 0 fully saturated rings. The molecule has 0 saturated carbocycles. The average molecular weight is 553 g/mol. The molecule has 0 aliphatic carbocycles. The van der Waals surface area contributed by atoms with Crippen molar-refractivity contribution in [2.75, 3.05) is 20.3 Å². The molecule has 1 aromatic carbocycles. The largest absolute Gasteiger partial charge is 0.467 e. The fourth-order valence-electron chi connectivity index (χ4n) is 3.46. The molecule has 3 atom stereocenters. The molecule has 4 amide bonds. The fraction of sp³-hybridized carbons (Fsp3) is 0.577. The van der Waals surface area contributed by atoms with Gasteiger partial charge in [0.2, 0.25) is 5.91 Å². The Morgan fingerprint density at radius 1 is 0.949 bits per heavy atom. The van der Waals surface area contributed by atoms with Crippen LogP contribution >= 0.6 is 0 Å². The monoisotopic (exact) mass is 552 g/mol. The van der Waals surface area contributed by atoms with E-state index in [4.69, 9.17) is 20.9 Å². The van der Waals surface area contributed by atoms with E-state index in [1.165, 1.54) is 27.7 Å². The van der Waals surface area contributed by atoms with Gasteiger partial charge in [-0.1, -0.05) is 30.3 Å². The predicted octanol–water partition coefficient (Wildman–Crippen LogP) is 1.29. The zero-order valence-electron chi connectivity index (χ0n) is 23.1. The lowest BCUT2D eigenvalue weighted by Gasteiger charge is -2.35. The molecule has 0 aliphatic heterocycles. The van der Waals surface area contributed by atoms with Gasteiger partial charge in [0.1, 0.15) is 18.2 Å². The Labute approximate surface area is 228 Å². The molecule has 0 aliphatic rings. The third-order valence-corrected chi connectivity index (χ3v) is 5.34. The summed E-state index contributed by atoms with van der Waals surface area (Å²) in [5.41, 5.74) is 10.9. The summed E-state index contributed by atoms with van der Waals surface area (Å²) in [4.78, 5) is 66.9. The van der Waals surface area contributed by atoms with Crippen molar-refractivity contribution in [3.63, 3.8) is 0 Å². The zero-order chi connectivity index (χ0) is 29.8. The van der Waals surface area contributed by atoms with Crippen molar-refractivity contribution in [1.82, 2.24) is 9.80 Å². The predicted molar refractivity (Wildman–Crippen MR) is 140 cm³/mol.